The molecule has 2 N–H and O–H groups in total. The molecule has 1 unspecified atom stereocenters. The van der Waals surface area contributed by atoms with Crippen molar-refractivity contribution in [3.8, 4) is 5.75 Å². The number of amides is 1. The summed E-state index contributed by atoms with van der Waals surface area (Å²) in [6, 6.07) is 5.33. The van der Waals surface area contributed by atoms with E-state index in [-0.39, 0.29) is 30.1 Å². The first kappa shape index (κ1) is 21.9. The monoisotopic (exact) mass is 413 g/mol. The maximum Gasteiger partial charge on any atom is 0.416 e. The predicted molar refractivity (Wildman–Crippen MR) is 105 cm³/mol. The normalized spacial score (nSPS) is 25.7. The zero-order chi connectivity index (χ0) is 20.9. The highest BCUT2D eigenvalue weighted by atomic mass is 19.4. The molecule has 1 amide bonds. The first-order valence-corrected chi connectivity index (χ1v) is 10.4. The first-order valence-electron chi connectivity index (χ1n) is 10.4. The largest absolute Gasteiger partial charge is 0.493 e. The quantitative estimate of drug-likeness (QED) is 0.722. The Morgan fingerprint density at radius 3 is 2.93 bits per heavy atom. The van der Waals surface area contributed by atoms with Crippen LogP contribution >= 0.6 is 0 Å². The molecule has 2 aliphatic rings. The third kappa shape index (κ3) is 6.09. The van der Waals surface area contributed by atoms with Gasteiger partial charge in [0, 0.05) is 31.6 Å². The Morgan fingerprint density at radius 1 is 1.34 bits per heavy atom. The number of carbonyl (C=O) groups excluding carboxylic acids is 1. The molecule has 29 heavy (non-hydrogen) atoms. The zero-order valence-electron chi connectivity index (χ0n) is 16.8. The lowest BCUT2D eigenvalue weighted by Gasteiger charge is -2.30. The van der Waals surface area contributed by atoms with Crippen molar-refractivity contribution in [1.29, 1.82) is 0 Å². The van der Waals surface area contributed by atoms with Crippen LogP contribution in [0, 0.1) is 11.8 Å². The van der Waals surface area contributed by atoms with Gasteiger partial charge in [0.25, 0.3) is 0 Å². The number of likely N-dealkylation sites (N-methyl/N-ethyl adjacent to an activating group) is 1. The van der Waals surface area contributed by atoms with E-state index in [4.69, 9.17) is 4.74 Å². The molecular formula is C21H30F3N3O2. The summed E-state index contributed by atoms with van der Waals surface area (Å²) >= 11 is 0. The highest BCUT2D eigenvalue weighted by molar-refractivity contribution is 5.79. The third-order valence-corrected chi connectivity index (χ3v) is 5.88. The van der Waals surface area contributed by atoms with Gasteiger partial charge in [-0.3, -0.25) is 9.69 Å². The summed E-state index contributed by atoms with van der Waals surface area (Å²) in [5.41, 5.74) is -0.720. The van der Waals surface area contributed by atoms with Gasteiger partial charge in [0.2, 0.25) is 5.91 Å². The summed E-state index contributed by atoms with van der Waals surface area (Å²) in [6.07, 6.45) is -1.43. The van der Waals surface area contributed by atoms with Gasteiger partial charge in [0.05, 0.1) is 18.1 Å². The first-order chi connectivity index (χ1) is 13.9. The van der Waals surface area contributed by atoms with Crippen LogP contribution in [-0.2, 0) is 11.0 Å². The number of piperidine rings is 1. The third-order valence-electron chi connectivity index (χ3n) is 5.88. The minimum Gasteiger partial charge on any atom is -0.493 e. The summed E-state index contributed by atoms with van der Waals surface area (Å²) in [4.78, 5) is 15.0. The summed E-state index contributed by atoms with van der Waals surface area (Å²) in [5, 5.41) is 6.35. The summed E-state index contributed by atoms with van der Waals surface area (Å²) in [7, 11) is 0. The smallest absolute Gasteiger partial charge is 0.416 e. The maximum absolute atomic E-state index is 12.8. The van der Waals surface area contributed by atoms with Crippen molar-refractivity contribution >= 4 is 5.91 Å². The number of nitrogens with one attached hydrogen (secondary N) is 2. The molecule has 2 fully saturated rings. The number of alkyl halides is 3. The Bertz CT molecular complexity index is 683. The minimum absolute atomic E-state index is 0.0456. The molecule has 3 rings (SSSR count). The van der Waals surface area contributed by atoms with E-state index in [1.165, 1.54) is 18.6 Å². The number of halogens is 3. The fraction of sp³-hybridized carbons (Fsp3) is 0.667. The number of rotatable bonds is 7. The standard InChI is InChI=1S/C21H30F3N3O2/c1-2-27-8-4-6-18(27)13-26-20(28)16-9-15(11-25-12-16)14-29-19-7-3-5-17(10-19)21(22,23)24/h3,5,7,10,15-16,18,25H,2,4,6,8-9,11-14H2,1H3,(H,26,28)/t15-,16+,18?/m0/s1. The van der Waals surface area contributed by atoms with E-state index >= 15 is 0 Å². The van der Waals surface area contributed by atoms with Gasteiger partial charge in [0.15, 0.2) is 0 Å². The van der Waals surface area contributed by atoms with E-state index in [1.807, 2.05) is 0 Å². The van der Waals surface area contributed by atoms with Crippen LogP contribution in [0.25, 0.3) is 0 Å². The van der Waals surface area contributed by atoms with Gasteiger partial charge in [-0.05, 0) is 50.6 Å². The van der Waals surface area contributed by atoms with Gasteiger partial charge in [-0.15, -0.1) is 0 Å². The van der Waals surface area contributed by atoms with Gasteiger partial charge in [-0.25, -0.2) is 0 Å². The predicted octanol–water partition coefficient (Wildman–Crippen LogP) is 2.91. The van der Waals surface area contributed by atoms with Crippen molar-refractivity contribution in [2.75, 3.05) is 39.3 Å². The number of ether oxygens (including phenoxy) is 1. The van der Waals surface area contributed by atoms with Crippen molar-refractivity contribution in [1.82, 2.24) is 15.5 Å². The highest BCUT2D eigenvalue weighted by Crippen LogP contribution is 2.31. The van der Waals surface area contributed by atoms with Crippen molar-refractivity contribution in [2.45, 2.75) is 38.4 Å². The lowest BCUT2D eigenvalue weighted by molar-refractivity contribution is -0.137. The lowest BCUT2D eigenvalue weighted by Crippen LogP contribution is -2.48. The summed E-state index contributed by atoms with van der Waals surface area (Å²) < 4.78 is 44.1. The Kier molecular flexibility index (Phi) is 7.40. The van der Waals surface area contributed by atoms with Crippen molar-refractivity contribution < 1.29 is 22.7 Å². The van der Waals surface area contributed by atoms with Crippen molar-refractivity contribution in [3.05, 3.63) is 29.8 Å². The highest BCUT2D eigenvalue weighted by Gasteiger charge is 2.31. The van der Waals surface area contributed by atoms with Crippen LogP contribution in [0.1, 0.15) is 31.7 Å². The summed E-state index contributed by atoms with van der Waals surface area (Å²) in [5.74, 6) is 0.180. The summed E-state index contributed by atoms with van der Waals surface area (Å²) in [6.45, 7) is 6.50. The van der Waals surface area contributed by atoms with Gasteiger partial charge in [-0.2, -0.15) is 13.2 Å². The Morgan fingerprint density at radius 2 is 2.17 bits per heavy atom. The van der Waals surface area contributed by atoms with E-state index in [0.717, 1.165) is 31.6 Å². The molecule has 0 bridgehead atoms. The van der Waals surface area contributed by atoms with Gasteiger partial charge >= 0.3 is 6.18 Å². The molecule has 8 heteroatoms. The molecule has 0 aliphatic carbocycles. The second-order valence-electron chi connectivity index (χ2n) is 7.96. The number of hydrogen-bond donors (Lipinski definition) is 2. The fourth-order valence-corrected chi connectivity index (χ4v) is 4.24. The Hall–Kier alpha value is -1.80. The SMILES string of the molecule is CCN1CCCC1CNC(=O)[C@H]1CNC[C@@H](COc2cccc(C(F)(F)F)c2)C1. The lowest BCUT2D eigenvalue weighted by atomic mass is 9.90. The van der Waals surface area contributed by atoms with Crippen LogP contribution in [0.2, 0.25) is 0 Å². The molecule has 5 nitrogen and oxygen atoms in total. The second-order valence-corrected chi connectivity index (χ2v) is 7.96. The molecule has 162 valence electrons. The van der Waals surface area contributed by atoms with E-state index in [2.05, 4.69) is 22.5 Å². The molecule has 0 aromatic heterocycles. The maximum atomic E-state index is 12.8. The average Bonchev–Trinajstić information content (AvgIpc) is 3.18. The van der Waals surface area contributed by atoms with Gasteiger partial charge in [-0.1, -0.05) is 13.0 Å². The minimum atomic E-state index is -4.39. The molecule has 1 aromatic carbocycles. The van der Waals surface area contributed by atoms with Crippen LogP contribution in [0.5, 0.6) is 5.75 Å². The number of hydrogen-bond acceptors (Lipinski definition) is 4. The average molecular weight is 413 g/mol. The van der Waals surface area contributed by atoms with Crippen LogP contribution < -0.4 is 15.4 Å². The van der Waals surface area contributed by atoms with Gasteiger partial charge < -0.3 is 15.4 Å². The molecule has 1 aromatic rings. The van der Waals surface area contributed by atoms with E-state index in [1.54, 1.807) is 0 Å². The number of nitrogens with zero attached hydrogens (tertiary/aromatic N) is 1. The van der Waals surface area contributed by atoms with Gasteiger partial charge in [0.1, 0.15) is 5.75 Å². The number of carbonyl (C=O) groups is 1. The van der Waals surface area contributed by atoms with Crippen LogP contribution in [0.4, 0.5) is 13.2 Å². The van der Waals surface area contributed by atoms with E-state index in [9.17, 15) is 18.0 Å². The van der Waals surface area contributed by atoms with Crippen LogP contribution in [0.15, 0.2) is 24.3 Å². The van der Waals surface area contributed by atoms with Crippen molar-refractivity contribution in [2.24, 2.45) is 11.8 Å². The Balaban J connectivity index is 1.46. The number of likely N-dealkylation sites (tertiary alicyclic amines) is 1. The van der Waals surface area contributed by atoms with Crippen LogP contribution in [0.3, 0.4) is 0 Å². The number of benzene rings is 1. The van der Waals surface area contributed by atoms with Crippen LogP contribution in [-0.4, -0.2) is 56.2 Å². The van der Waals surface area contributed by atoms with Crippen molar-refractivity contribution in [3.63, 3.8) is 0 Å². The topological polar surface area (TPSA) is 53.6 Å². The molecular weight excluding hydrogens is 383 g/mol. The molecule has 0 radical (unpaired) electrons. The fourth-order valence-electron chi connectivity index (χ4n) is 4.24. The molecule has 2 saturated heterocycles. The Labute approximate surface area is 170 Å². The van der Waals surface area contributed by atoms with E-state index in [0.29, 0.717) is 32.1 Å². The molecule has 0 saturated carbocycles. The molecule has 3 atom stereocenters. The molecule has 2 heterocycles. The second kappa shape index (κ2) is 9.80. The molecule has 2 aliphatic heterocycles. The molecule has 0 spiro atoms. The zero-order valence-corrected chi connectivity index (χ0v) is 16.8. The van der Waals surface area contributed by atoms with E-state index < -0.39 is 11.7 Å².